The number of piperidine rings is 1. The highest BCUT2D eigenvalue weighted by atomic mass is 35.5. The van der Waals surface area contributed by atoms with Gasteiger partial charge in [-0.05, 0) is 38.4 Å². The minimum Gasteiger partial charge on any atom is -0.489 e. The third kappa shape index (κ3) is 5.68. The van der Waals surface area contributed by atoms with Crippen molar-refractivity contribution in [1.82, 2.24) is 4.90 Å². The fraction of sp³-hybridized carbons (Fsp3) is 0.588. The monoisotopic (exact) mass is 341 g/mol. The lowest BCUT2D eigenvalue weighted by atomic mass is 9.98. The van der Waals surface area contributed by atoms with Gasteiger partial charge >= 0.3 is 5.97 Å². The van der Waals surface area contributed by atoms with E-state index in [0.29, 0.717) is 30.5 Å². The molecule has 23 heavy (non-hydrogen) atoms. The Kier molecular flexibility index (Phi) is 7.15. The van der Waals surface area contributed by atoms with Gasteiger partial charge in [-0.1, -0.05) is 23.7 Å². The Hall–Kier alpha value is -1.30. The summed E-state index contributed by atoms with van der Waals surface area (Å²) in [5, 5.41) is 10.7. The molecule has 2 rings (SSSR count). The number of ether oxygens (including phenoxy) is 2. The van der Waals surface area contributed by atoms with E-state index in [0.717, 1.165) is 19.4 Å². The van der Waals surface area contributed by atoms with E-state index in [-0.39, 0.29) is 18.5 Å². The van der Waals surface area contributed by atoms with E-state index in [9.17, 15) is 9.90 Å². The first-order chi connectivity index (χ1) is 11.1. The number of aliphatic hydroxyl groups excluding tert-OH is 1. The Morgan fingerprint density at radius 3 is 3.00 bits per heavy atom. The van der Waals surface area contributed by atoms with E-state index < -0.39 is 6.10 Å². The highest BCUT2D eigenvalue weighted by molar-refractivity contribution is 6.32. The largest absolute Gasteiger partial charge is 0.489 e. The van der Waals surface area contributed by atoms with Crippen LogP contribution in [0.4, 0.5) is 0 Å². The van der Waals surface area contributed by atoms with Gasteiger partial charge in [-0.15, -0.1) is 0 Å². The first-order valence-electron chi connectivity index (χ1n) is 8.04. The zero-order chi connectivity index (χ0) is 16.7. The van der Waals surface area contributed by atoms with E-state index in [1.165, 1.54) is 0 Å². The van der Waals surface area contributed by atoms with Gasteiger partial charge in [0.25, 0.3) is 0 Å². The van der Waals surface area contributed by atoms with Gasteiger partial charge in [-0.2, -0.15) is 0 Å². The van der Waals surface area contributed by atoms with Gasteiger partial charge < -0.3 is 14.6 Å². The number of likely N-dealkylation sites (tertiary alicyclic amines) is 1. The Morgan fingerprint density at radius 1 is 1.48 bits per heavy atom. The Balaban J connectivity index is 1.77. The molecule has 0 unspecified atom stereocenters. The number of hydrogen-bond acceptors (Lipinski definition) is 5. The minimum absolute atomic E-state index is 0.0969. The number of β-amino-alcohol motifs (C(OH)–C–C–N with tert-alkyl or cyclic N) is 1. The van der Waals surface area contributed by atoms with Crippen LogP contribution >= 0.6 is 11.6 Å². The molecule has 1 heterocycles. The molecule has 0 spiro atoms. The van der Waals surface area contributed by atoms with E-state index in [1.807, 2.05) is 19.1 Å². The van der Waals surface area contributed by atoms with Gasteiger partial charge in [-0.3, -0.25) is 9.69 Å². The SMILES string of the molecule is CCOC(=O)[C@@H]1CCCN(C[C@@H](O)COc2ccccc2Cl)C1. The quantitative estimate of drug-likeness (QED) is 0.771. The molecule has 6 heteroatoms. The normalized spacial score (nSPS) is 20.0. The van der Waals surface area contributed by atoms with Crippen LogP contribution in [0, 0.1) is 5.92 Å². The first-order valence-corrected chi connectivity index (χ1v) is 8.42. The molecule has 2 atom stereocenters. The van der Waals surface area contributed by atoms with Crippen LogP contribution < -0.4 is 4.74 Å². The molecule has 0 amide bonds. The molecule has 0 radical (unpaired) electrons. The zero-order valence-corrected chi connectivity index (χ0v) is 14.2. The molecule has 0 saturated carbocycles. The molecule has 5 nitrogen and oxygen atoms in total. The lowest BCUT2D eigenvalue weighted by Crippen LogP contribution is -2.44. The number of benzene rings is 1. The molecule has 1 saturated heterocycles. The summed E-state index contributed by atoms with van der Waals surface area (Å²) in [5.41, 5.74) is 0. The fourth-order valence-corrected chi connectivity index (χ4v) is 2.96. The van der Waals surface area contributed by atoms with E-state index in [1.54, 1.807) is 12.1 Å². The Bertz CT molecular complexity index is 511. The average molecular weight is 342 g/mol. The number of halogens is 1. The predicted molar refractivity (Wildman–Crippen MR) is 88.8 cm³/mol. The topological polar surface area (TPSA) is 59.0 Å². The van der Waals surface area contributed by atoms with Crippen molar-refractivity contribution >= 4 is 17.6 Å². The fourth-order valence-electron chi connectivity index (χ4n) is 2.77. The van der Waals surface area contributed by atoms with Crippen LogP contribution in [0.1, 0.15) is 19.8 Å². The maximum Gasteiger partial charge on any atom is 0.310 e. The standard InChI is InChI=1S/C17H24ClNO4/c1-2-22-17(21)13-6-5-9-19(10-13)11-14(20)12-23-16-8-4-3-7-15(16)18/h3-4,7-8,13-14,20H,2,5-6,9-12H2,1H3/t13-,14-/m1/s1. The molecule has 1 N–H and O–H groups in total. The number of hydrogen-bond donors (Lipinski definition) is 1. The van der Waals surface area contributed by atoms with Crippen LogP contribution in [0.5, 0.6) is 5.75 Å². The number of nitrogens with zero attached hydrogens (tertiary/aromatic N) is 1. The number of aliphatic hydroxyl groups is 1. The van der Waals surface area contributed by atoms with Crippen LogP contribution in [-0.2, 0) is 9.53 Å². The molecule has 1 aromatic rings. The van der Waals surface area contributed by atoms with Crippen molar-refractivity contribution in [3.05, 3.63) is 29.3 Å². The summed E-state index contributed by atoms with van der Waals surface area (Å²) in [6, 6.07) is 7.18. The average Bonchev–Trinajstić information content (AvgIpc) is 2.54. The smallest absolute Gasteiger partial charge is 0.310 e. The van der Waals surface area contributed by atoms with Crippen LogP contribution in [0.3, 0.4) is 0 Å². The second-order valence-corrected chi connectivity index (χ2v) is 6.15. The Labute approximate surface area is 142 Å². The van der Waals surface area contributed by atoms with Gasteiger partial charge in [-0.25, -0.2) is 0 Å². The number of rotatable bonds is 7. The summed E-state index contributed by atoms with van der Waals surface area (Å²) in [7, 11) is 0. The van der Waals surface area contributed by atoms with Crippen molar-refractivity contribution in [1.29, 1.82) is 0 Å². The van der Waals surface area contributed by atoms with Gasteiger partial charge in [0, 0.05) is 13.1 Å². The number of carbonyl (C=O) groups excluding carboxylic acids is 1. The summed E-state index contributed by atoms with van der Waals surface area (Å²) in [6.45, 7) is 4.36. The third-order valence-electron chi connectivity index (χ3n) is 3.86. The van der Waals surface area contributed by atoms with E-state index in [2.05, 4.69) is 4.90 Å². The number of esters is 1. The van der Waals surface area contributed by atoms with Gasteiger partial charge in [0.05, 0.1) is 17.5 Å². The third-order valence-corrected chi connectivity index (χ3v) is 4.17. The van der Waals surface area contributed by atoms with Crippen LogP contribution in [0.15, 0.2) is 24.3 Å². The molecule has 128 valence electrons. The highest BCUT2D eigenvalue weighted by Gasteiger charge is 2.27. The van der Waals surface area contributed by atoms with Crippen molar-refractivity contribution < 1.29 is 19.4 Å². The van der Waals surface area contributed by atoms with Crippen molar-refractivity contribution in [2.75, 3.05) is 32.8 Å². The molecule has 1 aliphatic rings. The highest BCUT2D eigenvalue weighted by Crippen LogP contribution is 2.23. The second-order valence-electron chi connectivity index (χ2n) is 5.75. The molecule has 1 aliphatic heterocycles. The van der Waals surface area contributed by atoms with Crippen molar-refractivity contribution in [3.8, 4) is 5.75 Å². The van der Waals surface area contributed by atoms with Crippen molar-refractivity contribution in [2.45, 2.75) is 25.9 Å². The summed E-state index contributed by atoms with van der Waals surface area (Å²) in [4.78, 5) is 13.9. The van der Waals surface area contributed by atoms with Gasteiger partial charge in [0.15, 0.2) is 0 Å². The summed E-state index contributed by atoms with van der Waals surface area (Å²) in [5.74, 6) is 0.329. The van der Waals surface area contributed by atoms with Crippen LogP contribution in [0.25, 0.3) is 0 Å². The molecule has 1 fully saturated rings. The second kappa shape index (κ2) is 9.11. The Morgan fingerprint density at radius 2 is 2.26 bits per heavy atom. The van der Waals surface area contributed by atoms with E-state index >= 15 is 0 Å². The summed E-state index contributed by atoms with van der Waals surface area (Å²) >= 11 is 6.01. The molecular formula is C17H24ClNO4. The molecule has 0 aliphatic carbocycles. The zero-order valence-electron chi connectivity index (χ0n) is 13.4. The lowest BCUT2D eigenvalue weighted by molar-refractivity contribution is -0.150. The minimum atomic E-state index is -0.632. The van der Waals surface area contributed by atoms with Crippen LogP contribution in [-0.4, -0.2) is 54.9 Å². The maximum absolute atomic E-state index is 11.8. The molecule has 0 aromatic heterocycles. The predicted octanol–water partition coefficient (Wildman–Crippen LogP) is 2.35. The number of carbonyl (C=O) groups is 1. The summed E-state index contributed by atoms with van der Waals surface area (Å²) < 4.78 is 10.6. The van der Waals surface area contributed by atoms with Gasteiger partial charge in [0.1, 0.15) is 18.5 Å². The molecule has 0 bridgehead atoms. The maximum atomic E-state index is 11.8. The summed E-state index contributed by atoms with van der Waals surface area (Å²) in [6.07, 6.45) is 1.15. The molecular weight excluding hydrogens is 318 g/mol. The first kappa shape index (κ1) is 18.0. The molecule has 1 aromatic carbocycles. The lowest BCUT2D eigenvalue weighted by Gasteiger charge is -2.32. The van der Waals surface area contributed by atoms with Crippen molar-refractivity contribution in [3.63, 3.8) is 0 Å². The van der Waals surface area contributed by atoms with Crippen molar-refractivity contribution in [2.24, 2.45) is 5.92 Å². The number of para-hydroxylation sites is 1. The van der Waals surface area contributed by atoms with Crippen LogP contribution in [0.2, 0.25) is 5.02 Å². The van der Waals surface area contributed by atoms with Gasteiger partial charge in [0.2, 0.25) is 0 Å². The van der Waals surface area contributed by atoms with E-state index in [4.69, 9.17) is 21.1 Å².